The van der Waals surface area contributed by atoms with E-state index in [-0.39, 0.29) is 23.7 Å². The Bertz CT molecular complexity index is 1260. The lowest BCUT2D eigenvalue weighted by Gasteiger charge is -2.23. The van der Waals surface area contributed by atoms with Gasteiger partial charge in [-0.05, 0) is 52.7 Å². The van der Waals surface area contributed by atoms with Gasteiger partial charge in [-0.1, -0.05) is 18.2 Å². The number of hydrogen-bond acceptors (Lipinski definition) is 8. The van der Waals surface area contributed by atoms with E-state index in [4.69, 9.17) is 9.47 Å². The minimum atomic E-state index is -0.736. The Balaban J connectivity index is 1.85. The summed E-state index contributed by atoms with van der Waals surface area (Å²) in [5.41, 5.74) is -1.56. The van der Waals surface area contributed by atoms with Gasteiger partial charge in [-0.2, -0.15) is 4.57 Å². The third-order valence-corrected chi connectivity index (χ3v) is 6.11. The van der Waals surface area contributed by atoms with E-state index < -0.39 is 40.9 Å². The molecule has 0 spiro atoms. The fourth-order valence-electron chi connectivity index (χ4n) is 4.39. The van der Waals surface area contributed by atoms with Crippen molar-refractivity contribution < 1.29 is 23.9 Å². The molecule has 0 radical (unpaired) electrons. The van der Waals surface area contributed by atoms with Crippen LogP contribution >= 0.6 is 0 Å². The number of benzene rings is 1. The molecule has 0 saturated carbocycles. The average molecular weight is 515 g/mol. The summed E-state index contributed by atoms with van der Waals surface area (Å²) in [5, 5.41) is 2.72. The second-order valence-electron chi connectivity index (χ2n) is 10.1. The number of aryl methyl sites for hydroxylation is 1. The molecular weight excluding hydrogens is 480 g/mol. The first-order valence-corrected chi connectivity index (χ1v) is 12.1. The normalized spacial score (nSPS) is 17.9. The van der Waals surface area contributed by atoms with Crippen molar-refractivity contribution in [1.82, 2.24) is 19.4 Å². The highest BCUT2D eigenvalue weighted by Crippen LogP contribution is 2.28. The Hall–Kier alpha value is -3.73. The lowest BCUT2D eigenvalue weighted by Crippen LogP contribution is -2.46. The van der Waals surface area contributed by atoms with Crippen molar-refractivity contribution in [2.75, 3.05) is 26.7 Å². The number of aromatic nitrogens is 2. The molecule has 1 saturated heterocycles. The summed E-state index contributed by atoms with van der Waals surface area (Å²) in [5.74, 6) is -1.13. The van der Waals surface area contributed by atoms with Crippen LogP contribution in [0, 0.1) is 6.92 Å². The number of nitrogens with one attached hydrogen (secondary N) is 1. The van der Waals surface area contributed by atoms with Gasteiger partial charge in [-0.3, -0.25) is 23.9 Å². The number of carbonyl (C=O) groups is 3. The molecule has 1 amide bonds. The van der Waals surface area contributed by atoms with E-state index in [1.54, 1.807) is 58.0 Å². The molecule has 11 heteroatoms. The summed E-state index contributed by atoms with van der Waals surface area (Å²) in [6.45, 7) is 7.49. The summed E-state index contributed by atoms with van der Waals surface area (Å²) >= 11 is 0. The Morgan fingerprint density at radius 2 is 1.78 bits per heavy atom. The molecule has 2 atom stereocenters. The van der Waals surface area contributed by atoms with Crippen LogP contribution in [0.1, 0.15) is 55.6 Å². The van der Waals surface area contributed by atoms with Crippen LogP contribution in [0.5, 0.6) is 0 Å². The zero-order valence-electron chi connectivity index (χ0n) is 21.9. The second kappa shape index (κ2) is 11.5. The highest BCUT2D eigenvalue weighted by molar-refractivity contribution is 5.95. The molecule has 37 heavy (non-hydrogen) atoms. The third kappa shape index (κ3) is 6.94. The Morgan fingerprint density at radius 1 is 1.11 bits per heavy atom. The van der Waals surface area contributed by atoms with Crippen LogP contribution in [-0.4, -0.2) is 70.4 Å². The average Bonchev–Trinajstić information content (AvgIpc) is 3.22. The fraction of sp³-hybridized carbons (Fsp3) is 0.500. The topological polar surface area (TPSA) is 129 Å². The Kier molecular flexibility index (Phi) is 8.69. The van der Waals surface area contributed by atoms with E-state index in [1.165, 1.54) is 17.9 Å². The summed E-state index contributed by atoms with van der Waals surface area (Å²) in [7, 11) is 1.30. The molecule has 1 fully saturated rings. The first-order chi connectivity index (χ1) is 17.4. The van der Waals surface area contributed by atoms with Gasteiger partial charge < -0.3 is 14.8 Å². The number of rotatable bonds is 7. The predicted octanol–water partition coefficient (Wildman–Crippen LogP) is 1.71. The molecular formula is C26H34N4O7. The first kappa shape index (κ1) is 27.9. The zero-order chi connectivity index (χ0) is 27.3. The van der Waals surface area contributed by atoms with E-state index in [2.05, 4.69) is 5.32 Å². The van der Waals surface area contributed by atoms with Crippen LogP contribution in [0.4, 0.5) is 4.79 Å². The summed E-state index contributed by atoms with van der Waals surface area (Å²) in [6, 6.07) is 7.56. The molecule has 1 aromatic heterocycles. The number of likely N-dealkylation sites (tertiary alicyclic amines) is 1. The molecule has 2 heterocycles. The van der Waals surface area contributed by atoms with E-state index in [0.29, 0.717) is 30.5 Å². The van der Waals surface area contributed by atoms with Gasteiger partial charge in [0.15, 0.2) is 0 Å². The standard InChI is InChI=1S/C26H34N4O7/c1-17-14-29(25(35)30(22(17)32)23(33)18-9-7-6-8-10-18)20-13-19(28(15-20)16-21(31)36-5)11-12-27-24(34)37-26(2,3)4/h6-10,14,19-20H,11-13,15-16H2,1-5H3,(H,27,34)/t19-,20+/m0/s1. The quantitative estimate of drug-likeness (QED) is 0.553. The maximum atomic E-state index is 13.4. The van der Waals surface area contributed by atoms with Gasteiger partial charge in [0.2, 0.25) is 0 Å². The summed E-state index contributed by atoms with van der Waals surface area (Å²) in [4.78, 5) is 65.2. The number of amides is 1. The van der Waals surface area contributed by atoms with Crippen molar-refractivity contribution in [2.45, 2.75) is 58.2 Å². The van der Waals surface area contributed by atoms with Gasteiger partial charge in [0.1, 0.15) is 5.60 Å². The summed E-state index contributed by atoms with van der Waals surface area (Å²) < 4.78 is 12.1. The van der Waals surface area contributed by atoms with Gasteiger partial charge in [0.05, 0.1) is 19.7 Å². The van der Waals surface area contributed by atoms with Crippen molar-refractivity contribution in [1.29, 1.82) is 0 Å². The van der Waals surface area contributed by atoms with Crippen LogP contribution in [0.2, 0.25) is 0 Å². The van der Waals surface area contributed by atoms with Gasteiger partial charge in [0, 0.05) is 36.5 Å². The molecule has 1 aromatic carbocycles. The Morgan fingerprint density at radius 3 is 2.41 bits per heavy atom. The molecule has 1 aliphatic rings. The van der Waals surface area contributed by atoms with Crippen LogP contribution in [-0.2, 0) is 14.3 Å². The van der Waals surface area contributed by atoms with Crippen molar-refractivity contribution in [3.05, 3.63) is 68.5 Å². The highest BCUT2D eigenvalue weighted by Gasteiger charge is 2.35. The lowest BCUT2D eigenvalue weighted by atomic mass is 10.1. The third-order valence-electron chi connectivity index (χ3n) is 6.11. The fourth-order valence-corrected chi connectivity index (χ4v) is 4.39. The van der Waals surface area contributed by atoms with Crippen molar-refractivity contribution in [3.63, 3.8) is 0 Å². The first-order valence-electron chi connectivity index (χ1n) is 12.1. The number of esters is 1. The number of alkyl carbamates (subject to hydrolysis) is 1. The van der Waals surface area contributed by atoms with Crippen LogP contribution < -0.4 is 16.6 Å². The summed E-state index contributed by atoms with van der Waals surface area (Å²) in [6.07, 6.45) is 1.87. The largest absolute Gasteiger partial charge is 0.468 e. The Labute approximate surface area is 215 Å². The molecule has 0 aliphatic carbocycles. The van der Waals surface area contributed by atoms with Crippen molar-refractivity contribution in [2.24, 2.45) is 0 Å². The molecule has 0 unspecified atom stereocenters. The van der Waals surface area contributed by atoms with Gasteiger partial charge >= 0.3 is 17.8 Å². The zero-order valence-corrected chi connectivity index (χ0v) is 21.9. The smallest absolute Gasteiger partial charge is 0.407 e. The second-order valence-corrected chi connectivity index (χ2v) is 10.1. The number of carbonyl (C=O) groups excluding carboxylic acids is 3. The highest BCUT2D eigenvalue weighted by atomic mass is 16.6. The minimum absolute atomic E-state index is 0.000419. The van der Waals surface area contributed by atoms with Crippen molar-refractivity contribution in [3.8, 4) is 0 Å². The number of methoxy groups -OCH3 is 1. The SMILES string of the molecule is COC(=O)CN1C[C@H](n2cc(C)c(=O)n(C(=O)c3ccccc3)c2=O)C[C@@H]1CCNC(=O)OC(C)(C)C. The van der Waals surface area contributed by atoms with Crippen LogP contribution in [0.25, 0.3) is 0 Å². The monoisotopic (exact) mass is 514 g/mol. The van der Waals surface area contributed by atoms with Crippen LogP contribution in [0.15, 0.2) is 46.1 Å². The van der Waals surface area contributed by atoms with Gasteiger partial charge in [-0.15, -0.1) is 0 Å². The predicted molar refractivity (Wildman–Crippen MR) is 136 cm³/mol. The minimum Gasteiger partial charge on any atom is -0.468 e. The number of nitrogens with zero attached hydrogens (tertiary/aromatic N) is 3. The van der Waals surface area contributed by atoms with Gasteiger partial charge in [-0.25, -0.2) is 9.59 Å². The van der Waals surface area contributed by atoms with E-state index in [0.717, 1.165) is 0 Å². The molecule has 0 bridgehead atoms. The molecule has 2 aromatic rings. The van der Waals surface area contributed by atoms with E-state index in [9.17, 15) is 24.0 Å². The lowest BCUT2D eigenvalue weighted by molar-refractivity contribution is -0.142. The maximum absolute atomic E-state index is 13.4. The molecule has 1 N–H and O–H groups in total. The van der Waals surface area contributed by atoms with E-state index >= 15 is 0 Å². The number of hydrogen-bond donors (Lipinski definition) is 1. The van der Waals surface area contributed by atoms with Gasteiger partial charge in [0.25, 0.3) is 11.5 Å². The maximum Gasteiger partial charge on any atom is 0.407 e. The van der Waals surface area contributed by atoms with Crippen molar-refractivity contribution >= 4 is 18.0 Å². The van der Waals surface area contributed by atoms with Crippen LogP contribution in [0.3, 0.4) is 0 Å². The molecule has 1 aliphatic heterocycles. The molecule has 200 valence electrons. The molecule has 3 rings (SSSR count). The van der Waals surface area contributed by atoms with E-state index in [1.807, 2.05) is 4.90 Å². The number of ether oxygens (including phenoxy) is 2. The molecule has 11 nitrogen and oxygen atoms in total.